The van der Waals surface area contributed by atoms with Gasteiger partial charge in [-0.1, -0.05) is 91.0 Å². The predicted molar refractivity (Wildman–Crippen MR) is 129 cm³/mol. The Morgan fingerprint density at radius 3 is 1.76 bits per heavy atom. The van der Waals surface area contributed by atoms with Gasteiger partial charge < -0.3 is 24.1 Å². The molecule has 0 amide bonds. The topological polar surface area (TPSA) is 57.2 Å². The Kier molecular flexibility index (Phi) is 6.56. The molecule has 0 spiro atoms. The maximum atomic E-state index is 9.76. The molecule has 5 nitrogen and oxygen atoms in total. The van der Waals surface area contributed by atoms with E-state index in [0.717, 1.165) is 16.7 Å². The summed E-state index contributed by atoms with van der Waals surface area (Å²) >= 11 is 0. The largest absolute Gasteiger partial charge is 0.396 e. The smallest absolute Gasteiger partial charge is 0.187 e. The van der Waals surface area contributed by atoms with E-state index < -0.39 is 17.7 Å². The van der Waals surface area contributed by atoms with E-state index >= 15 is 0 Å². The van der Waals surface area contributed by atoms with Crippen molar-refractivity contribution in [3.05, 3.63) is 108 Å². The molecule has 2 fully saturated rings. The number of benzene rings is 3. The molecule has 0 saturated carbocycles. The van der Waals surface area contributed by atoms with Gasteiger partial charge in [0.15, 0.2) is 12.1 Å². The standard InChI is InChI=1S/C29H32O5/c1-28(2)33-26-24(18-19-30)25(32-27(26)34-28)20-31-29(21-12-6-3-7-13-21,22-14-8-4-9-15-22)23-16-10-5-11-17-23/h3-17,24-27,30H,18-20H2,1-2H3/t24-,25-,26-,27-/m1/s1. The van der Waals surface area contributed by atoms with Gasteiger partial charge in [0.2, 0.25) is 0 Å². The third-order valence-electron chi connectivity index (χ3n) is 6.76. The summed E-state index contributed by atoms with van der Waals surface area (Å²) in [6.07, 6.45) is -0.396. The summed E-state index contributed by atoms with van der Waals surface area (Å²) < 4.78 is 25.4. The summed E-state index contributed by atoms with van der Waals surface area (Å²) in [6.45, 7) is 4.16. The summed E-state index contributed by atoms with van der Waals surface area (Å²) in [5, 5.41) is 9.76. The van der Waals surface area contributed by atoms with Crippen LogP contribution in [-0.2, 0) is 24.5 Å². The summed E-state index contributed by atoms with van der Waals surface area (Å²) in [7, 11) is 0. The highest BCUT2D eigenvalue weighted by Crippen LogP contribution is 2.45. The third kappa shape index (κ3) is 4.30. The van der Waals surface area contributed by atoms with Crippen molar-refractivity contribution in [1.29, 1.82) is 0 Å². The molecular formula is C29H32O5. The first-order chi connectivity index (χ1) is 16.5. The van der Waals surface area contributed by atoms with Gasteiger partial charge in [0.1, 0.15) is 11.7 Å². The van der Waals surface area contributed by atoms with Crippen LogP contribution in [0.5, 0.6) is 0 Å². The average molecular weight is 461 g/mol. The van der Waals surface area contributed by atoms with Crippen molar-refractivity contribution in [2.75, 3.05) is 13.2 Å². The summed E-state index contributed by atoms with van der Waals surface area (Å²) in [5.41, 5.74) is 2.30. The zero-order valence-electron chi connectivity index (χ0n) is 19.7. The Bertz CT molecular complexity index is 957. The lowest BCUT2D eigenvalue weighted by atomic mass is 9.80. The molecule has 0 bridgehead atoms. The highest BCUT2D eigenvalue weighted by atomic mass is 16.8. The van der Waals surface area contributed by atoms with Crippen LogP contribution in [0.4, 0.5) is 0 Å². The fraction of sp³-hybridized carbons (Fsp3) is 0.379. The number of hydrogen-bond acceptors (Lipinski definition) is 5. The number of rotatable bonds is 8. The molecule has 5 rings (SSSR count). The fourth-order valence-corrected chi connectivity index (χ4v) is 5.27. The molecule has 2 saturated heterocycles. The first-order valence-corrected chi connectivity index (χ1v) is 12.0. The van der Waals surface area contributed by atoms with Crippen LogP contribution in [0, 0.1) is 5.92 Å². The molecular weight excluding hydrogens is 428 g/mol. The Labute approximate surface area is 201 Å². The summed E-state index contributed by atoms with van der Waals surface area (Å²) in [6, 6.07) is 30.9. The first kappa shape index (κ1) is 23.2. The number of aliphatic hydroxyl groups excluding tert-OH is 1. The quantitative estimate of drug-likeness (QED) is 0.486. The van der Waals surface area contributed by atoms with Gasteiger partial charge in [0, 0.05) is 12.5 Å². The Hall–Kier alpha value is -2.54. The maximum Gasteiger partial charge on any atom is 0.187 e. The van der Waals surface area contributed by atoms with Crippen LogP contribution < -0.4 is 0 Å². The molecule has 2 aliphatic heterocycles. The van der Waals surface area contributed by atoms with E-state index in [9.17, 15) is 5.11 Å². The number of hydrogen-bond donors (Lipinski definition) is 1. The molecule has 3 aromatic carbocycles. The maximum absolute atomic E-state index is 9.76. The van der Waals surface area contributed by atoms with Gasteiger partial charge in [-0.3, -0.25) is 0 Å². The average Bonchev–Trinajstić information content (AvgIpc) is 3.33. The van der Waals surface area contributed by atoms with Gasteiger partial charge in [0.05, 0.1) is 12.7 Å². The minimum Gasteiger partial charge on any atom is -0.396 e. The van der Waals surface area contributed by atoms with Crippen LogP contribution in [0.1, 0.15) is 37.0 Å². The molecule has 0 radical (unpaired) electrons. The molecule has 5 heteroatoms. The molecule has 4 atom stereocenters. The van der Waals surface area contributed by atoms with Crippen molar-refractivity contribution in [3.63, 3.8) is 0 Å². The molecule has 178 valence electrons. The number of fused-ring (bicyclic) bond motifs is 1. The van der Waals surface area contributed by atoms with Crippen molar-refractivity contribution in [2.45, 2.75) is 50.2 Å². The second-order valence-electron chi connectivity index (χ2n) is 9.41. The second kappa shape index (κ2) is 9.61. The predicted octanol–water partition coefficient (Wildman–Crippen LogP) is 4.87. The molecule has 0 aromatic heterocycles. The Morgan fingerprint density at radius 1 is 0.794 bits per heavy atom. The van der Waals surface area contributed by atoms with Crippen LogP contribution in [0.3, 0.4) is 0 Å². The van der Waals surface area contributed by atoms with Crippen LogP contribution >= 0.6 is 0 Å². The highest BCUT2D eigenvalue weighted by Gasteiger charge is 2.54. The fourth-order valence-electron chi connectivity index (χ4n) is 5.27. The SMILES string of the molecule is CC1(C)O[C@H]2O[C@H](COC(c3ccccc3)(c3ccccc3)c3ccccc3)[C@@H](CCO)[C@H]2O1. The third-order valence-corrected chi connectivity index (χ3v) is 6.76. The minimum absolute atomic E-state index is 0.0307. The van der Waals surface area contributed by atoms with Gasteiger partial charge in [-0.25, -0.2) is 0 Å². The molecule has 2 heterocycles. The van der Waals surface area contributed by atoms with Gasteiger partial charge in [0.25, 0.3) is 0 Å². The number of aliphatic hydroxyl groups is 1. The van der Waals surface area contributed by atoms with E-state index in [1.807, 2.05) is 68.4 Å². The van der Waals surface area contributed by atoms with Crippen molar-refractivity contribution >= 4 is 0 Å². The van der Waals surface area contributed by atoms with Crippen LogP contribution in [0.15, 0.2) is 91.0 Å². The van der Waals surface area contributed by atoms with Crippen molar-refractivity contribution in [3.8, 4) is 0 Å². The molecule has 2 aliphatic rings. The lowest BCUT2D eigenvalue weighted by Crippen LogP contribution is -2.39. The summed E-state index contributed by atoms with van der Waals surface area (Å²) in [5.74, 6) is -0.728. The zero-order valence-corrected chi connectivity index (χ0v) is 19.7. The minimum atomic E-state index is -0.824. The van der Waals surface area contributed by atoms with Gasteiger partial charge >= 0.3 is 0 Å². The lowest BCUT2D eigenvalue weighted by Gasteiger charge is -2.37. The molecule has 0 aliphatic carbocycles. The van der Waals surface area contributed by atoms with E-state index in [4.69, 9.17) is 18.9 Å². The first-order valence-electron chi connectivity index (χ1n) is 12.0. The van der Waals surface area contributed by atoms with E-state index in [2.05, 4.69) is 36.4 Å². The van der Waals surface area contributed by atoms with Crippen molar-refractivity contribution in [1.82, 2.24) is 0 Å². The van der Waals surface area contributed by atoms with E-state index in [-0.39, 0.29) is 24.7 Å². The Balaban J connectivity index is 1.52. The molecule has 1 N–H and O–H groups in total. The van der Waals surface area contributed by atoms with Gasteiger partial charge in [-0.05, 0) is 37.0 Å². The van der Waals surface area contributed by atoms with E-state index in [1.54, 1.807) is 0 Å². The normalized spacial score (nSPS) is 25.9. The highest BCUT2D eigenvalue weighted by molar-refractivity contribution is 5.47. The Morgan fingerprint density at radius 2 is 1.29 bits per heavy atom. The van der Waals surface area contributed by atoms with E-state index in [0.29, 0.717) is 13.0 Å². The van der Waals surface area contributed by atoms with Gasteiger partial charge in [-0.2, -0.15) is 0 Å². The van der Waals surface area contributed by atoms with Crippen molar-refractivity contribution in [2.24, 2.45) is 5.92 Å². The molecule has 0 unspecified atom stereocenters. The van der Waals surface area contributed by atoms with Crippen LogP contribution in [-0.4, -0.2) is 42.6 Å². The van der Waals surface area contributed by atoms with Crippen molar-refractivity contribution < 1.29 is 24.1 Å². The molecule has 3 aromatic rings. The van der Waals surface area contributed by atoms with Crippen LogP contribution in [0.25, 0.3) is 0 Å². The van der Waals surface area contributed by atoms with Gasteiger partial charge in [-0.15, -0.1) is 0 Å². The summed E-state index contributed by atoms with van der Waals surface area (Å²) in [4.78, 5) is 0. The van der Waals surface area contributed by atoms with E-state index in [1.165, 1.54) is 0 Å². The monoisotopic (exact) mass is 460 g/mol. The van der Waals surface area contributed by atoms with Crippen LogP contribution in [0.2, 0.25) is 0 Å². The number of ether oxygens (including phenoxy) is 4. The lowest BCUT2D eigenvalue weighted by molar-refractivity contribution is -0.218. The molecule has 34 heavy (non-hydrogen) atoms. The zero-order chi connectivity index (χ0) is 23.6. The second-order valence-corrected chi connectivity index (χ2v) is 9.41.